The fraction of sp³-hybridized carbons (Fsp3) is 0.174. The summed E-state index contributed by atoms with van der Waals surface area (Å²) in [4.78, 5) is 18.9. The highest BCUT2D eigenvalue weighted by atomic mass is 19.1. The van der Waals surface area contributed by atoms with Crippen LogP contribution in [0.25, 0.3) is 10.9 Å². The number of fused-ring (bicyclic) bond motifs is 2. The Hall–Kier alpha value is -4.12. The van der Waals surface area contributed by atoms with E-state index >= 15 is 4.39 Å². The Bertz CT molecular complexity index is 1320. The van der Waals surface area contributed by atoms with E-state index in [1.165, 1.54) is 6.33 Å². The number of rotatable bonds is 4. The van der Waals surface area contributed by atoms with Crippen molar-refractivity contribution in [2.75, 3.05) is 16.8 Å². The monoisotopic (exact) mass is 411 g/mol. The fourth-order valence-electron chi connectivity index (χ4n) is 3.77. The third-order valence-electron chi connectivity index (χ3n) is 5.37. The smallest absolute Gasteiger partial charge is 0.207 e. The zero-order valence-corrected chi connectivity index (χ0v) is 16.6. The summed E-state index contributed by atoms with van der Waals surface area (Å²) in [6, 6.07) is 13.5. The Morgan fingerprint density at radius 1 is 1.13 bits per heavy atom. The SMILES string of the molecule is N#Cc1cnc2cc(CNc3ncnc(N4CCc5ncccc5C4)c3F)ccc2c1. The topological polar surface area (TPSA) is 90.6 Å². The van der Waals surface area contributed by atoms with Crippen LogP contribution in [0.5, 0.6) is 0 Å². The molecule has 1 aliphatic rings. The predicted molar refractivity (Wildman–Crippen MR) is 115 cm³/mol. The van der Waals surface area contributed by atoms with Crippen molar-refractivity contribution in [2.24, 2.45) is 0 Å². The van der Waals surface area contributed by atoms with E-state index in [1.807, 2.05) is 35.2 Å². The number of pyridine rings is 2. The molecule has 4 aromatic rings. The Kier molecular flexibility index (Phi) is 4.84. The second kappa shape index (κ2) is 7.95. The molecular formula is C23H18FN7. The van der Waals surface area contributed by atoms with Crippen molar-refractivity contribution in [1.29, 1.82) is 5.26 Å². The Labute approximate surface area is 178 Å². The molecule has 1 aromatic carbocycles. The molecular weight excluding hydrogens is 393 g/mol. The quantitative estimate of drug-likeness (QED) is 0.549. The molecule has 1 N–H and O–H groups in total. The maximum absolute atomic E-state index is 15.2. The highest BCUT2D eigenvalue weighted by molar-refractivity contribution is 5.80. The molecule has 152 valence electrons. The van der Waals surface area contributed by atoms with Gasteiger partial charge in [0.2, 0.25) is 5.82 Å². The Morgan fingerprint density at radius 2 is 2.06 bits per heavy atom. The van der Waals surface area contributed by atoms with Crippen molar-refractivity contribution in [3.63, 3.8) is 0 Å². The molecule has 1 aliphatic heterocycles. The standard InChI is InChI=1S/C23H18FN7/c24-21-22(28-11-15-3-4-17-8-16(10-25)12-27-20(17)9-15)29-14-30-23(21)31-7-5-19-18(13-31)2-1-6-26-19/h1-4,6,8-9,12,14H,5,7,11,13H2,(H,28,29,30). The minimum atomic E-state index is -0.465. The van der Waals surface area contributed by atoms with E-state index in [4.69, 9.17) is 5.26 Å². The zero-order chi connectivity index (χ0) is 21.2. The number of halogens is 1. The van der Waals surface area contributed by atoms with Gasteiger partial charge in [0.1, 0.15) is 12.4 Å². The number of nitrogens with zero attached hydrogens (tertiary/aromatic N) is 6. The van der Waals surface area contributed by atoms with E-state index in [-0.39, 0.29) is 11.6 Å². The summed E-state index contributed by atoms with van der Waals surface area (Å²) >= 11 is 0. The molecule has 0 spiro atoms. The summed E-state index contributed by atoms with van der Waals surface area (Å²) in [5.74, 6) is -0.0153. The minimum absolute atomic E-state index is 0.162. The van der Waals surface area contributed by atoms with Crippen LogP contribution in [0, 0.1) is 17.1 Å². The highest BCUT2D eigenvalue weighted by Gasteiger charge is 2.22. The first-order valence-corrected chi connectivity index (χ1v) is 9.92. The third kappa shape index (κ3) is 3.73. The van der Waals surface area contributed by atoms with Crippen molar-refractivity contribution in [3.8, 4) is 6.07 Å². The van der Waals surface area contributed by atoms with E-state index < -0.39 is 5.82 Å². The lowest BCUT2D eigenvalue weighted by atomic mass is 10.1. The molecule has 0 unspecified atom stereocenters. The summed E-state index contributed by atoms with van der Waals surface area (Å²) in [5.41, 5.74) is 4.37. The number of hydrogen-bond acceptors (Lipinski definition) is 7. The molecule has 3 aromatic heterocycles. The van der Waals surface area contributed by atoms with Gasteiger partial charge in [-0.15, -0.1) is 0 Å². The highest BCUT2D eigenvalue weighted by Crippen LogP contribution is 2.27. The van der Waals surface area contributed by atoms with Gasteiger partial charge in [0.25, 0.3) is 0 Å². The van der Waals surface area contributed by atoms with Crippen LogP contribution >= 0.6 is 0 Å². The van der Waals surface area contributed by atoms with Crippen molar-refractivity contribution in [3.05, 3.63) is 83.3 Å². The summed E-state index contributed by atoms with van der Waals surface area (Å²) < 4.78 is 15.2. The van der Waals surface area contributed by atoms with E-state index in [1.54, 1.807) is 18.5 Å². The van der Waals surface area contributed by atoms with Crippen LogP contribution in [0.1, 0.15) is 22.4 Å². The first-order chi connectivity index (χ1) is 15.2. The molecule has 0 bridgehead atoms. The normalized spacial score (nSPS) is 13.0. The van der Waals surface area contributed by atoms with Gasteiger partial charge in [-0.25, -0.2) is 9.97 Å². The molecule has 31 heavy (non-hydrogen) atoms. The number of nitrogens with one attached hydrogen (secondary N) is 1. The number of nitriles is 1. The number of anilines is 2. The van der Waals surface area contributed by atoms with Crippen molar-refractivity contribution in [1.82, 2.24) is 19.9 Å². The molecule has 0 fully saturated rings. The number of aromatic nitrogens is 4. The van der Waals surface area contributed by atoms with Crippen LogP contribution in [0.2, 0.25) is 0 Å². The second-order valence-electron chi connectivity index (χ2n) is 7.36. The first kappa shape index (κ1) is 18.9. The minimum Gasteiger partial charge on any atom is -0.363 e. The fourth-order valence-corrected chi connectivity index (χ4v) is 3.77. The van der Waals surface area contributed by atoms with Crippen LogP contribution in [0.3, 0.4) is 0 Å². The van der Waals surface area contributed by atoms with Gasteiger partial charge in [0.15, 0.2) is 11.6 Å². The van der Waals surface area contributed by atoms with E-state index in [0.29, 0.717) is 25.2 Å². The summed E-state index contributed by atoms with van der Waals surface area (Å²) in [6.07, 6.45) is 5.46. The number of benzene rings is 1. The molecule has 8 heteroatoms. The zero-order valence-electron chi connectivity index (χ0n) is 16.6. The third-order valence-corrected chi connectivity index (χ3v) is 5.37. The molecule has 7 nitrogen and oxygen atoms in total. The van der Waals surface area contributed by atoms with Crippen molar-refractivity contribution in [2.45, 2.75) is 19.5 Å². The predicted octanol–water partition coefficient (Wildman–Crippen LogP) is 3.61. The maximum atomic E-state index is 15.2. The Morgan fingerprint density at radius 3 is 2.97 bits per heavy atom. The van der Waals surface area contributed by atoms with Gasteiger partial charge in [-0.05, 0) is 29.3 Å². The lowest BCUT2D eigenvalue weighted by Crippen LogP contribution is -2.32. The molecule has 0 saturated carbocycles. The molecule has 0 aliphatic carbocycles. The summed E-state index contributed by atoms with van der Waals surface area (Å²) in [6.45, 7) is 1.60. The largest absolute Gasteiger partial charge is 0.363 e. The molecule has 4 heterocycles. The van der Waals surface area contributed by atoms with Gasteiger partial charge < -0.3 is 10.2 Å². The van der Waals surface area contributed by atoms with E-state index in [2.05, 4.69) is 31.3 Å². The van der Waals surface area contributed by atoms with Crippen molar-refractivity contribution < 1.29 is 4.39 Å². The Balaban J connectivity index is 1.34. The average Bonchev–Trinajstić information content (AvgIpc) is 2.82. The first-order valence-electron chi connectivity index (χ1n) is 9.92. The van der Waals surface area contributed by atoms with Gasteiger partial charge in [0.05, 0.1) is 11.1 Å². The molecule has 0 amide bonds. The lowest BCUT2D eigenvalue weighted by molar-refractivity contribution is 0.595. The molecule has 0 atom stereocenters. The van der Waals surface area contributed by atoms with Crippen molar-refractivity contribution >= 4 is 22.5 Å². The van der Waals surface area contributed by atoms with Gasteiger partial charge in [-0.2, -0.15) is 9.65 Å². The van der Waals surface area contributed by atoms with Gasteiger partial charge in [0, 0.05) is 49.5 Å². The molecule has 0 radical (unpaired) electrons. The van der Waals surface area contributed by atoms with Crippen LogP contribution in [0.4, 0.5) is 16.0 Å². The van der Waals surface area contributed by atoms with Gasteiger partial charge in [-0.3, -0.25) is 9.97 Å². The summed E-state index contributed by atoms with van der Waals surface area (Å²) in [7, 11) is 0. The molecule has 0 saturated heterocycles. The number of hydrogen-bond donors (Lipinski definition) is 1. The van der Waals surface area contributed by atoms with Gasteiger partial charge in [-0.1, -0.05) is 18.2 Å². The van der Waals surface area contributed by atoms with Crippen LogP contribution in [-0.2, 0) is 19.5 Å². The average molecular weight is 411 g/mol. The van der Waals surface area contributed by atoms with Gasteiger partial charge >= 0.3 is 0 Å². The van der Waals surface area contributed by atoms with Crippen LogP contribution < -0.4 is 10.2 Å². The van der Waals surface area contributed by atoms with E-state index in [0.717, 1.165) is 34.1 Å². The maximum Gasteiger partial charge on any atom is 0.207 e. The van der Waals surface area contributed by atoms with Crippen LogP contribution in [0.15, 0.2) is 55.1 Å². The van der Waals surface area contributed by atoms with Crippen LogP contribution in [-0.4, -0.2) is 26.5 Å². The lowest BCUT2D eigenvalue weighted by Gasteiger charge is -2.29. The van der Waals surface area contributed by atoms with E-state index in [9.17, 15) is 0 Å². The summed E-state index contributed by atoms with van der Waals surface area (Å²) in [5, 5.41) is 13.0. The second-order valence-corrected chi connectivity index (χ2v) is 7.36. The molecule has 5 rings (SSSR count).